The van der Waals surface area contributed by atoms with Crippen molar-refractivity contribution in [1.29, 1.82) is 0 Å². The third-order valence-electron chi connectivity index (χ3n) is 2.98. The van der Waals surface area contributed by atoms with Gasteiger partial charge in [-0.25, -0.2) is 0 Å². The summed E-state index contributed by atoms with van der Waals surface area (Å²) in [4.78, 5) is 10.9. The van der Waals surface area contributed by atoms with E-state index in [2.05, 4.69) is 5.32 Å². The summed E-state index contributed by atoms with van der Waals surface area (Å²) in [6.45, 7) is 2.01. The third-order valence-corrected chi connectivity index (χ3v) is 2.98. The van der Waals surface area contributed by atoms with Gasteiger partial charge in [0, 0.05) is 5.56 Å². The lowest BCUT2D eigenvalue weighted by molar-refractivity contribution is 0.112. The molecule has 0 spiro atoms. The second kappa shape index (κ2) is 4.45. The van der Waals surface area contributed by atoms with E-state index >= 15 is 0 Å². The smallest absolute Gasteiger partial charge is 0.150 e. The highest BCUT2D eigenvalue weighted by Crippen LogP contribution is 2.29. The molecule has 80 valence electrons. The maximum Gasteiger partial charge on any atom is 0.150 e. The Kier molecular flexibility index (Phi) is 3.02. The maximum absolute atomic E-state index is 10.9. The molecule has 1 aromatic rings. The van der Waals surface area contributed by atoms with Gasteiger partial charge in [-0.3, -0.25) is 4.79 Å². The van der Waals surface area contributed by atoms with E-state index in [-0.39, 0.29) is 5.75 Å². The molecule has 1 saturated heterocycles. The first-order valence-corrected chi connectivity index (χ1v) is 5.30. The van der Waals surface area contributed by atoms with Crippen LogP contribution in [0.25, 0.3) is 0 Å². The topological polar surface area (TPSA) is 49.3 Å². The average Bonchev–Trinajstić information content (AvgIpc) is 2.30. The van der Waals surface area contributed by atoms with Gasteiger partial charge >= 0.3 is 0 Å². The van der Waals surface area contributed by atoms with Crippen LogP contribution in [0.15, 0.2) is 18.2 Å². The fourth-order valence-corrected chi connectivity index (χ4v) is 2.17. The number of carbonyl (C=O) groups is 1. The summed E-state index contributed by atoms with van der Waals surface area (Å²) in [5, 5.41) is 12.6. The molecule has 0 atom stereocenters. The van der Waals surface area contributed by atoms with E-state index < -0.39 is 0 Å². The Balaban J connectivity index is 2.29. The minimum atomic E-state index is 0.162. The van der Waals surface area contributed by atoms with Crippen LogP contribution in [0.4, 0.5) is 0 Å². The van der Waals surface area contributed by atoms with Crippen LogP contribution >= 0.6 is 0 Å². The quantitative estimate of drug-likeness (QED) is 0.722. The van der Waals surface area contributed by atoms with Gasteiger partial charge in [-0.1, -0.05) is 6.07 Å². The van der Waals surface area contributed by atoms with Crippen molar-refractivity contribution >= 4 is 6.29 Å². The average molecular weight is 205 g/mol. The minimum absolute atomic E-state index is 0.162. The monoisotopic (exact) mass is 205 g/mol. The molecule has 1 aromatic carbocycles. The Bertz CT molecular complexity index is 357. The van der Waals surface area contributed by atoms with Gasteiger partial charge in [-0.15, -0.1) is 0 Å². The predicted molar refractivity (Wildman–Crippen MR) is 58.3 cm³/mol. The lowest BCUT2D eigenvalue weighted by Crippen LogP contribution is -2.27. The van der Waals surface area contributed by atoms with E-state index in [0.29, 0.717) is 11.5 Å². The SMILES string of the molecule is O=Cc1cc(O)ccc1C1CCNCC1. The van der Waals surface area contributed by atoms with Crippen molar-refractivity contribution in [1.82, 2.24) is 5.32 Å². The highest BCUT2D eigenvalue weighted by atomic mass is 16.3. The number of aromatic hydroxyl groups is 1. The summed E-state index contributed by atoms with van der Waals surface area (Å²) in [6, 6.07) is 5.07. The summed E-state index contributed by atoms with van der Waals surface area (Å²) in [5.74, 6) is 0.613. The first kappa shape index (κ1) is 10.2. The molecule has 0 radical (unpaired) electrons. The van der Waals surface area contributed by atoms with Gasteiger partial charge in [0.1, 0.15) is 12.0 Å². The molecule has 3 nitrogen and oxygen atoms in total. The molecule has 0 aromatic heterocycles. The van der Waals surface area contributed by atoms with E-state index in [4.69, 9.17) is 0 Å². The number of nitrogens with one attached hydrogen (secondary N) is 1. The number of piperidine rings is 1. The number of phenolic OH excluding ortho intramolecular Hbond substituents is 1. The molecule has 0 unspecified atom stereocenters. The van der Waals surface area contributed by atoms with Crippen LogP contribution in [0.2, 0.25) is 0 Å². The second-order valence-electron chi connectivity index (χ2n) is 3.96. The van der Waals surface area contributed by atoms with Crippen molar-refractivity contribution < 1.29 is 9.90 Å². The fraction of sp³-hybridized carbons (Fsp3) is 0.417. The van der Waals surface area contributed by atoms with Gasteiger partial charge in [0.25, 0.3) is 0 Å². The number of hydrogen-bond donors (Lipinski definition) is 2. The summed E-state index contributed by atoms with van der Waals surface area (Å²) >= 11 is 0. The fourth-order valence-electron chi connectivity index (χ4n) is 2.17. The normalized spacial score (nSPS) is 17.6. The van der Waals surface area contributed by atoms with E-state index in [9.17, 15) is 9.90 Å². The molecule has 0 amide bonds. The van der Waals surface area contributed by atoms with Crippen molar-refractivity contribution in [2.45, 2.75) is 18.8 Å². The van der Waals surface area contributed by atoms with Crippen LogP contribution in [-0.4, -0.2) is 24.5 Å². The minimum Gasteiger partial charge on any atom is -0.508 e. The molecular formula is C12H15NO2. The van der Waals surface area contributed by atoms with E-state index in [0.717, 1.165) is 37.8 Å². The van der Waals surface area contributed by atoms with Crippen molar-refractivity contribution in [3.63, 3.8) is 0 Å². The van der Waals surface area contributed by atoms with E-state index in [1.165, 1.54) is 0 Å². The van der Waals surface area contributed by atoms with Crippen molar-refractivity contribution in [3.05, 3.63) is 29.3 Å². The summed E-state index contributed by atoms with van der Waals surface area (Å²) < 4.78 is 0. The van der Waals surface area contributed by atoms with Crippen LogP contribution in [0.1, 0.15) is 34.7 Å². The molecule has 0 aliphatic carbocycles. The molecule has 15 heavy (non-hydrogen) atoms. The number of aldehydes is 1. The zero-order chi connectivity index (χ0) is 10.7. The Morgan fingerprint density at radius 1 is 1.33 bits per heavy atom. The second-order valence-corrected chi connectivity index (χ2v) is 3.96. The molecule has 1 heterocycles. The largest absolute Gasteiger partial charge is 0.508 e. The molecule has 3 heteroatoms. The molecule has 2 N–H and O–H groups in total. The molecular weight excluding hydrogens is 190 g/mol. The molecule has 0 saturated carbocycles. The highest BCUT2D eigenvalue weighted by Gasteiger charge is 2.18. The van der Waals surface area contributed by atoms with E-state index in [1.807, 2.05) is 6.07 Å². The lowest BCUT2D eigenvalue weighted by Gasteiger charge is -2.24. The Hall–Kier alpha value is -1.35. The van der Waals surface area contributed by atoms with Crippen LogP contribution in [0.5, 0.6) is 5.75 Å². The standard InChI is InChI=1S/C12H15NO2/c14-8-10-7-11(15)1-2-12(10)9-3-5-13-6-4-9/h1-2,7-9,13,15H,3-6H2. The zero-order valence-electron chi connectivity index (χ0n) is 8.57. The molecule has 1 aliphatic heterocycles. The number of rotatable bonds is 2. The zero-order valence-corrected chi connectivity index (χ0v) is 8.57. The van der Waals surface area contributed by atoms with Gasteiger partial charge in [0.05, 0.1) is 0 Å². The molecule has 1 aliphatic rings. The van der Waals surface area contributed by atoms with Gasteiger partial charge in [0.15, 0.2) is 0 Å². The van der Waals surface area contributed by atoms with Crippen LogP contribution < -0.4 is 5.32 Å². The van der Waals surface area contributed by atoms with Crippen molar-refractivity contribution in [2.75, 3.05) is 13.1 Å². The third kappa shape index (κ3) is 2.18. The number of phenols is 1. The molecule has 0 bridgehead atoms. The van der Waals surface area contributed by atoms with Crippen LogP contribution in [-0.2, 0) is 0 Å². The predicted octanol–water partition coefficient (Wildman–Crippen LogP) is 1.67. The van der Waals surface area contributed by atoms with Crippen molar-refractivity contribution in [2.24, 2.45) is 0 Å². The molecule has 2 rings (SSSR count). The van der Waals surface area contributed by atoms with Gasteiger partial charge in [0.2, 0.25) is 0 Å². The van der Waals surface area contributed by atoms with Gasteiger partial charge in [-0.2, -0.15) is 0 Å². The van der Waals surface area contributed by atoms with E-state index in [1.54, 1.807) is 12.1 Å². The van der Waals surface area contributed by atoms with Gasteiger partial charge in [-0.05, 0) is 49.5 Å². The Morgan fingerprint density at radius 2 is 2.07 bits per heavy atom. The number of carbonyl (C=O) groups excluding carboxylic acids is 1. The van der Waals surface area contributed by atoms with Gasteiger partial charge < -0.3 is 10.4 Å². The number of hydrogen-bond acceptors (Lipinski definition) is 3. The highest BCUT2D eigenvalue weighted by molar-refractivity contribution is 5.78. The summed E-state index contributed by atoms with van der Waals surface area (Å²) in [7, 11) is 0. The lowest BCUT2D eigenvalue weighted by atomic mass is 9.87. The Morgan fingerprint density at radius 3 is 2.73 bits per heavy atom. The Labute approximate surface area is 89.1 Å². The maximum atomic E-state index is 10.9. The summed E-state index contributed by atoms with van der Waals surface area (Å²) in [5.41, 5.74) is 1.70. The first-order valence-electron chi connectivity index (χ1n) is 5.30. The van der Waals surface area contributed by atoms with Crippen molar-refractivity contribution in [3.8, 4) is 5.75 Å². The molecule has 1 fully saturated rings. The van der Waals surface area contributed by atoms with Crippen LogP contribution in [0.3, 0.4) is 0 Å². The number of benzene rings is 1. The first-order chi connectivity index (χ1) is 7.31. The summed E-state index contributed by atoms with van der Waals surface area (Å²) in [6.07, 6.45) is 2.95. The van der Waals surface area contributed by atoms with Crippen LogP contribution in [0, 0.1) is 0 Å².